The third kappa shape index (κ3) is 3.57. The molecular formula is C15H22N4O. The molecule has 0 aliphatic carbocycles. The molecule has 0 bridgehead atoms. The highest BCUT2D eigenvalue weighted by atomic mass is 16.5. The van der Waals surface area contributed by atoms with Crippen LogP contribution in [0.3, 0.4) is 0 Å². The normalized spacial score (nSPS) is 12.4. The van der Waals surface area contributed by atoms with Crippen LogP contribution < -0.4 is 5.32 Å². The summed E-state index contributed by atoms with van der Waals surface area (Å²) in [5.41, 5.74) is 3.24. The Labute approximate surface area is 120 Å². The largest absolute Gasteiger partial charge is 0.383 e. The number of aryl methyl sites for hydroxylation is 2. The molecule has 0 radical (unpaired) electrons. The fourth-order valence-electron chi connectivity index (χ4n) is 2.14. The molecule has 0 aliphatic heterocycles. The summed E-state index contributed by atoms with van der Waals surface area (Å²) < 4.78 is 7.24. The molecular weight excluding hydrogens is 252 g/mol. The maximum atomic E-state index is 5.15. The van der Waals surface area contributed by atoms with Crippen LogP contribution in [0.25, 0.3) is 0 Å². The van der Waals surface area contributed by atoms with Gasteiger partial charge in [0.1, 0.15) is 0 Å². The third-order valence-electron chi connectivity index (χ3n) is 3.13. The van der Waals surface area contributed by atoms with Crippen molar-refractivity contribution in [3.05, 3.63) is 41.5 Å². The molecule has 0 spiro atoms. The van der Waals surface area contributed by atoms with Gasteiger partial charge in [0.25, 0.3) is 0 Å². The van der Waals surface area contributed by atoms with Gasteiger partial charge in [-0.2, -0.15) is 0 Å². The summed E-state index contributed by atoms with van der Waals surface area (Å²) in [4.78, 5) is 8.97. The molecule has 1 atom stereocenters. The van der Waals surface area contributed by atoms with Crippen LogP contribution in [0.5, 0.6) is 0 Å². The summed E-state index contributed by atoms with van der Waals surface area (Å²) >= 11 is 0. The standard InChI is InChI=1S/C15H22N4O/c1-11-6-5-7-16-14(11)9-19-8-12(2)17-15(19)18-13(3)10-20-4/h5-8,13H,9-10H2,1-4H3,(H,17,18). The second kappa shape index (κ2) is 6.52. The Hall–Kier alpha value is -1.88. The number of nitrogens with zero attached hydrogens (tertiary/aromatic N) is 3. The molecule has 1 N–H and O–H groups in total. The maximum Gasteiger partial charge on any atom is 0.203 e. The highest BCUT2D eigenvalue weighted by Crippen LogP contribution is 2.14. The number of hydrogen-bond donors (Lipinski definition) is 1. The average molecular weight is 274 g/mol. The molecule has 0 aromatic carbocycles. The van der Waals surface area contributed by atoms with Crippen LogP contribution in [0.15, 0.2) is 24.5 Å². The van der Waals surface area contributed by atoms with Crippen molar-refractivity contribution in [3.8, 4) is 0 Å². The fraction of sp³-hybridized carbons (Fsp3) is 0.467. The summed E-state index contributed by atoms with van der Waals surface area (Å²) in [6, 6.07) is 4.25. The van der Waals surface area contributed by atoms with Crippen LogP contribution in [0.4, 0.5) is 5.95 Å². The topological polar surface area (TPSA) is 52.0 Å². The fourth-order valence-corrected chi connectivity index (χ4v) is 2.14. The summed E-state index contributed by atoms with van der Waals surface area (Å²) in [7, 11) is 1.70. The lowest BCUT2D eigenvalue weighted by molar-refractivity contribution is 0.190. The lowest BCUT2D eigenvalue weighted by Crippen LogP contribution is -2.23. The van der Waals surface area contributed by atoms with E-state index in [1.54, 1.807) is 7.11 Å². The van der Waals surface area contributed by atoms with Crippen LogP contribution in [-0.2, 0) is 11.3 Å². The Bertz CT molecular complexity index is 565. The van der Waals surface area contributed by atoms with Crippen LogP contribution in [-0.4, -0.2) is 34.3 Å². The maximum absolute atomic E-state index is 5.15. The van der Waals surface area contributed by atoms with E-state index in [0.29, 0.717) is 6.61 Å². The molecule has 2 aromatic heterocycles. The van der Waals surface area contributed by atoms with Crippen LogP contribution in [0.2, 0.25) is 0 Å². The quantitative estimate of drug-likeness (QED) is 0.878. The number of imidazole rings is 1. The zero-order chi connectivity index (χ0) is 14.5. The van der Waals surface area contributed by atoms with Crippen molar-refractivity contribution in [2.24, 2.45) is 0 Å². The van der Waals surface area contributed by atoms with Gasteiger partial charge in [0.05, 0.1) is 24.5 Å². The first-order chi connectivity index (χ1) is 9.60. The molecule has 2 rings (SSSR count). The number of nitrogens with one attached hydrogen (secondary N) is 1. The van der Waals surface area contributed by atoms with E-state index in [1.165, 1.54) is 5.56 Å². The van der Waals surface area contributed by atoms with Crippen LogP contribution in [0, 0.1) is 13.8 Å². The zero-order valence-electron chi connectivity index (χ0n) is 12.6. The van der Waals surface area contributed by atoms with E-state index in [1.807, 2.05) is 25.4 Å². The van der Waals surface area contributed by atoms with Crippen molar-refractivity contribution in [1.29, 1.82) is 0 Å². The van der Waals surface area contributed by atoms with Gasteiger partial charge in [-0.3, -0.25) is 4.98 Å². The number of anilines is 1. The van der Waals surface area contributed by atoms with Gasteiger partial charge in [0, 0.05) is 25.5 Å². The third-order valence-corrected chi connectivity index (χ3v) is 3.13. The minimum absolute atomic E-state index is 0.213. The predicted molar refractivity (Wildman–Crippen MR) is 80.0 cm³/mol. The molecule has 0 fully saturated rings. The molecule has 5 heteroatoms. The molecule has 0 amide bonds. The summed E-state index contributed by atoms with van der Waals surface area (Å²) in [6.45, 7) is 7.51. The highest BCUT2D eigenvalue weighted by molar-refractivity contribution is 5.32. The number of ether oxygens (including phenoxy) is 1. The zero-order valence-corrected chi connectivity index (χ0v) is 12.6. The van der Waals surface area contributed by atoms with Crippen LogP contribution >= 0.6 is 0 Å². The van der Waals surface area contributed by atoms with E-state index in [4.69, 9.17) is 4.74 Å². The lowest BCUT2D eigenvalue weighted by atomic mass is 10.2. The van der Waals surface area contributed by atoms with Gasteiger partial charge in [-0.25, -0.2) is 4.98 Å². The van der Waals surface area contributed by atoms with Gasteiger partial charge >= 0.3 is 0 Å². The number of aromatic nitrogens is 3. The highest BCUT2D eigenvalue weighted by Gasteiger charge is 2.10. The van der Waals surface area contributed by atoms with Gasteiger partial charge in [-0.1, -0.05) is 6.07 Å². The Morgan fingerprint density at radius 2 is 2.20 bits per heavy atom. The van der Waals surface area contributed by atoms with E-state index in [-0.39, 0.29) is 6.04 Å². The van der Waals surface area contributed by atoms with Crippen molar-refractivity contribution < 1.29 is 4.74 Å². The molecule has 5 nitrogen and oxygen atoms in total. The van der Waals surface area contributed by atoms with Gasteiger partial charge < -0.3 is 14.6 Å². The number of rotatable bonds is 6. The SMILES string of the molecule is COCC(C)Nc1nc(C)cn1Cc1ncccc1C. The molecule has 0 saturated carbocycles. The second-order valence-electron chi connectivity index (χ2n) is 5.10. The van der Waals surface area contributed by atoms with Gasteiger partial charge in [-0.15, -0.1) is 0 Å². The smallest absolute Gasteiger partial charge is 0.203 e. The number of pyridine rings is 1. The van der Waals surface area contributed by atoms with E-state index in [0.717, 1.165) is 23.9 Å². The molecule has 0 aliphatic rings. The van der Waals surface area contributed by atoms with Crippen molar-refractivity contribution >= 4 is 5.95 Å². The molecule has 20 heavy (non-hydrogen) atoms. The Morgan fingerprint density at radius 1 is 1.40 bits per heavy atom. The average Bonchev–Trinajstić information content (AvgIpc) is 2.72. The first kappa shape index (κ1) is 14.5. The lowest BCUT2D eigenvalue weighted by Gasteiger charge is -2.15. The first-order valence-corrected chi connectivity index (χ1v) is 6.80. The predicted octanol–water partition coefficient (Wildman–Crippen LogP) is 2.39. The minimum atomic E-state index is 0.213. The monoisotopic (exact) mass is 274 g/mol. The van der Waals surface area contributed by atoms with E-state index in [2.05, 4.69) is 39.8 Å². The first-order valence-electron chi connectivity index (χ1n) is 6.80. The molecule has 0 saturated heterocycles. The van der Waals surface area contributed by atoms with E-state index in [9.17, 15) is 0 Å². The number of hydrogen-bond acceptors (Lipinski definition) is 4. The molecule has 2 heterocycles. The Kier molecular flexibility index (Phi) is 4.74. The van der Waals surface area contributed by atoms with Crippen LogP contribution in [0.1, 0.15) is 23.9 Å². The van der Waals surface area contributed by atoms with E-state index < -0.39 is 0 Å². The van der Waals surface area contributed by atoms with Crippen molar-refractivity contribution in [1.82, 2.24) is 14.5 Å². The van der Waals surface area contributed by atoms with E-state index >= 15 is 0 Å². The van der Waals surface area contributed by atoms with Gasteiger partial charge in [0.15, 0.2) is 0 Å². The summed E-state index contributed by atoms with van der Waals surface area (Å²) in [5, 5.41) is 3.37. The Balaban J connectivity index is 2.17. The van der Waals surface area contributed by atoms with Gasteiger partial charge in [0.2, 0.25) is 5.95 Å². The molecule has 2 aromatic rings. The van der Waals surface area contributed by atoms with Crippen molar-refractivity contribution in [2.75, 3.05) is 19.0 Å². The minimum Gasteiger partial charge on any atom is -0.383 e. The summed E-state index contributed by atoms with van der Waals surface area (Å²) in [5.74, 6) is 0.858. The van der Waals surface area contributed by atoms with Crippen molar-refractivity contribution in [3.63, 3.8) is 0 Å². The molecule has 1 unspecified atom stereocenters. The van der Waals surface area contributed by atoms with Gasteiger partial charge in [-0.05, 0) is 32.4 Å². The second-order valence-corrected chi connectivity index (χ2v) is 5.10. The molecule has 108 valence electrons. The Morgan fingerprint density at radius 3 is 2.90 bits per heavy atom. The number of methoxy groups -OCH3 is 1. The summed E-state index contributed by atoms with van der Waals surface area (Å²) in [6.07, 6.45) is 3.86. The van der Waals surface area contributed by atoms with Crippen molar-refractivity contribution in [2.45, 2.75) is 33.4 Å².